The molecule has 0 spiro atoms. The summed E-state index contributed by atoms with van der Waals surface area (Å²) >= 11 is 6.68. The first-order valence-electron chi connectivity index (χ1n) is 11.9. The number of carboxylic acids is 1. The Labute approximate surface area is 215 Å². The number of aromatic nitrogens is 1. The Hall–Kier alpha value is -2.64. The first-order chi connectivity index (χ1) is 16.5. The predicted octanol–water partition coefficient (Wildman–Crippen LogP) is 3.89. The average molecular weight is 517 g/mol. The van der Waals surface area contributed by atoms with Gasteiger partial charge in [0.15, 0.2) is 0 Å². The number of rotatable bonds is 8. The molecule has 1 aromatic rings. The number of nitriles is 1. The summed E-state index contributed by atoms with van der Waals surface area (Å²) < 4.78 is 2.00. The summed E-state index contributed by atoms with van der Waals surface area (Å²) in [6.45, 7) is 8.17. The van der Waals surface area contributed by atoms with E-state index < -0.39 is 5.97 Å². The summed E-state index contributed by atoms with van der Waals surface area (Å²) in [6, 6.07) is 2.04. The largest absolute Gasteiger partial charge is 0.481 e. The zero-order valence-electron chi connectivity index (χ0n) is 20.7. The van der Waals surface area contributed by atoms with Gasteiger partial charge in [0, 0.05) is 38.7 Å². The van der Waals surface area contributed by atoms with Gasteiger partial charge in [0.1, 0.15) is 21.8 Å². The second-order valence-electron chi connectivity index (χ2n) is 9.60. The first kappa shape index (κ1) is 27.0. The molecule has 2 aliphatic heterocycles. The molecule has 2 aliphatic rings. The number of hydrogen-bond donors (Lipinski definition) is 1. The fourth-order valence-corrected chi connectivity index (χ4v) is 6.27. The van der Waals surface area contributed by atoms with Crippen LogP contribution in [0.5, 0.6) is 0 Å². The number of thiocarbonyl (C=S) groups is 1. The lowest BCUT2D eigenvalue weighted by Crippen LogP contribution is -2.42. The Balaban J connectivity index is 1.96. The molecule has 0 aliphatic carbocycles. The summed E-state index contributed by atoms with van der Waals surface area (Å²) in [6.07, 6.45) is 4.92. The minimum absolute atomic E-state index is 0.0783. The van der Waals surface area contributed by atoms with Crippen LogP contribution in [0.15, 0.2) is 9.70 Å². The zero-order chi connectivity index (χ0) is 25.9. The quantitative estimate of drug-likeness (QED) is 0.315. The maximum absolute atomic E-state index is 13.2. The number of hydrogen-bond acceptors (Lipinski definition) is 7. The number of pyridine rings is 1. The molecule has 2 unspecified atom stereocenters. The van der Waals surface area contributed by atoms with Crippen LogP contribution in [0.1, 0.15) is 62.6 Å². The van der Waals surface area contributed by atoms with Crippen LogP contribution in [0.3, 0.4) is 0 Å². The number of nitrogens with zero attached hydrogens (tertiary/aromatic N) is 4. The van der Waals surface area contributed by atoms with E-state index in [1.165, 1.54) is 16.3 Å². The highest BCUT2D eigenvalue weighted by Crippen LogP contribution is 2.37. The third-order valence-corrected chi connectivity index (χ3v) is 7.94. The lowest BCUT2D eigenvalue weighted by molar-refractivity contribution is -0.137. The van der Waals surface area contributed by atoms with Crippen molar-refractivity contribution in [2.24, 2.45) is 18.9 Å². The standard InChI is InChI=1S/C25H32N4O4S2/c1-15-10-16(2)14-28(13-15)22-18(17(3)19(12-26)23(32)27(22)4)11-20-24(33)29(25(34)35-20)9-7-5-6-8-21(30)31/h11,15-16H,5-10,13-14H2,1-4H3,(H,30,31)/b20-11-. The minimum atomic E-state index is -0.823. The normalized spacial score (nSPS) is 21.6. The van der Waals surface area contributed by atoms with Crippen LogP contribution in [0.2, 0.25) is 0 Å². The van der Waals surface area contributed by atoms with E-state index in [0.717, 1.165) is 25.3 Å². The SMILES string of the molecule is Cc1c(/C=C2\SC(=S)N(CCCCCC(=O)O)C2=O)c(N2CC(C)CC(C)C2)n(C)c(=O)c1C#N. The number of piperidine rings is 1. The number of thioether (sulfide) groups is 1. The molecule has 1 amide bonds. The Morgan fingerprint density at radius 1 is 1.23 bits per heavy atom. The number of unbranched alkanes of at least 4 members (excludes halogenated alkanes) is 2. The Kier molecular flexibility index (Phi) is 8.78. The van der Waals surface area contributed by atoms with Crippen LogP contribution in [0, 0.1) is 30.1 Å². The number of amides is 1. The number of carboxylic acid groups (broad SMARTS) is 1. The average Bonchev–Trinajstić information content (AvgIpc) is 3.04. The molecule has 1 N–H and O–H groups in total. The Morgan fingerprint density at radius 3 is 2.49 bits per heavy atom. The highest BCUT2D eigenvalue weighted by atomic mass is 32.2. The van der Waals surface area contributed by atoms with Crippen molar-refractivity contribution in [3.05, 3.63) is 31.9 Å². The molecule has 1 aromatic heterocycles. The fourth-order valence-electron chi connectivity index (χ4n) is 4.98. The molecule has 10 heteroatoms. The maximum Gasteiger partial charge on any atom is 0.303 e. The Morgan fingerprint density at radius 2 is 1.89 bits per heavy atom. The summed E-state index contributed by atoms with van der Waals surface area (Å²) in [7, 11) is 1.68. The van der Waals surface area contributed by atoms with Crippen molar-refractivity contribution < 1.29 is 14.7 Å². The van der Waals surface area contributed by atoms with E-state index in [4.69, 9.17) is 17.3 Å². The van der Waals surface area contributed by atoms with Gasteiger partial charge in [-0.1, -0.05) is 44.2 Å². The van der Waals surface area contributed by atoms with Gasteiger partial charge < -0.3 is 10.0 Å². The molecular weight excluding hydrogens is 484 g/mol. The van der Waals surface area contributed by atoms with E-state index in [0.29, 0.717) is 58.0 Å². The summed E-state index contributed by atoms with van der Waals surface area (Å²) in [5.74, 6) is 0.616. The molecule has 35 heavy (non-hydrogen) atoms. The number of carbonyl (C=O) groups excluding carboxylic acids is 1. The van der Waals surface area contributed by atoms with Crippen LogP contribution in [0.25, 0.3) is 6.08 Å². The van der Waals surface area contributed by atoms with Gasteiger partial charge in [0.25, 0.3) is 11.5 Å². The van der Waals surface area contributed by atoms with Crippen LogP contribution in [-0.2, 0) is 16.6 Å². The molecule has 2 saturated heterocycles. The van der Waals surface area contributed by atoms with Crippen molar-refractivity contribution in [2.75, 3.05) is 24.5 Å². The molecule has 0 saturated carbocycles. The van der Waals surface area contributed by atoms with E-state index >= 15 is 0 Å². The van der Waals surface area contributed by atoms with Gasteiger partial charge >= 0.3 is 5.97 Å². The molecule has 2 atom stereocenters. The van der Waals surface area contributed by atoms with E-state index in [2.05, 4.69) is 18.7 Å². The van der Waals surface area contributed by atoms with Crippen molar-refractivity contribution in [1.29, 1.82) is 5.26 Å². The molecule has 2 fully saturated rings. The molecular formula is C25H32N4O4S2. The van der Waals surface area contributed by atoms with E-state index in [9.17, 15) is 19.6 Å². The van der Waals surface area contributed by atoms with Crippen LogP contribution >= 0.6 is 24.0 Å². The lowest BCUT2D eigenvalue weighted by Gasteiger charge is -2.38. The second kappa shape index (κ2) is 11.4. The van der Waals surface area contributed by atoms with Gasteiger partial charge in [-0.3, -0.25) is 23.9 Å². The van der Waals surface area contributed by atoms with E-state index in [1.807, 2.05) is 6.07 Å². The molecule has 8 nitrogen and oxygen atoms in total. The number of aliphatic carboxylic acids is 1. The van der Waals surface area contributed by atoms with Gasteiger partial charge in [-0.2, -0.15) is 5.26 Å². The van der Waals surface area contributed by atoms with Crippen molar-refractivity contribution in [2.45, 2.75) is 52.9 Å². The third-order valence-electron chi connectivity index (χ3n) is 6.56. The van der Waals surface area contributed by atoms with Crippen LogP contribution in [0.4, 0.5) is 5.82 Å². The van der Waals surface area contributed by atoms with E-state index in [-0.39, 0.29) is 23.5 Å². The summed E-state index contributed by atoms with van der Waals surface area (Å²) in [5.41, 5.74) is 1.01. The topological polar surface area (TPSA) is 107 Å². The van der Waals surface area contributed by atoms with Crippen molar-refractivity contribution in [3.8, 4) is 6.07 Å². The van der Waals surface area contributed by atoms with E-state index in [1.54, 1.807) is 24.9 Å². The summed E-state index contributed by atoms with van der Waals surface area (Å²) in [4.78, 5) is 41.1. The van der Waals surface area contributed by atoms with Gasteiger partial charge in [-0.15, -0.1) is 0 Å². The predicted molar refractivity (Wildman–Crippen MR) is 142 cm³/mol. The number of anilines is 1. The maximum atomic E-state index is 13.2. The molecule has 3 rings (SSSR count). The molecule has 0 aromatic carbocycles. The first-order valence-corrected chi connectivity index (χ1v) is 13.1. The molecule has 0 radical (unpaired) electrons. The zero-order valence-corrected chi connectivity index (χ0v) is 22.3. The van der Waals surface area contributed by atoms with Gasteiger partial charge in [-0.05, 0) is 49.7 Å². The monoisotopic (exact) mass is 516 g/mol. The number of carbonyl (C=O) groups is 2. The molecule has 3 heterocycles. The highest BCUT2D eigenvalue weighted by Gasteiger charge is 2.33. The van der Waals surface area contributed by atoms with Crippen molar-refractivity contribution in [1.82, 2.24) is 9.47 Å². The lowest BCUT2D eigenvalue weighted by atomic mass is 9.91. The van der Waals surface area contributed by atoms with Crippen LogP contribution < -0.4 is 10.5 Å². The van der Waals surface area contributed by atoms with Crippen molar-refractivity contribution in [3.63, 3.8) is 0 Å². The second-order valence-corrected chi connectivity index (χ2v) is 11.3. The fraction of sp³-hybridized carbons (Fsp3) is 0.560. The highest BCUT2D eigenvalue weighted by molar-refractivity contribution is 8.26. The molecule has 0 bridgehead atoms. The van der Waals surface area contributed by atoms with Gasteiger partial charge in [0.05, 0.1) is 4.91 Å². The Bertz CT molecular complexity index is 1160. The minimum Gasteiger partial charge on any atom is -0.481 e. The summed E-state index contributed by atoms with van der Waals surface area (Å²) in [5, 5.41) is 18.5. The van der Waals surface area contributed by atoms with Gasteiger partial charge in [-0.25, -0.2) is 0 Å². The van der Waals surface area contributed by atoms with Crippen LogP contribution in [-0.4, -0.2) is 50.4 Å². The van der Waals surface area contributed by atoms with Gasteiger partial charge in [0.2, 0.25) is 0 Å². The van der Waals surface area contributed by atoms with Crippen molar-refractivity contribution >= 4 is 52.1 Å². The smallest absolute Gasteiger partial charge is 0.303 e. The third kappa shape index (κ3) is 5.96. The molecule has 188 valence electrons.